The molecule has 0 radical (unpaired) electrons. The molecule has 2 aromatic rings. The van der Waals surface area contributed by atoms with E-state index in [1.807, 2.05) is 13.0 Å². The first-order chi connectivity index (χ1) is 10.1. The van der Waals surface area contributed by atoms with E-state index in [4.69, 9.17) is 17.3 Å². The molecule has 0 saturated heterocycles. The molecule has 0 spiro atoms. The van der Waals surface area contributed by atoms with Gasteiger partial charge in [0.2, 0.25) is 0 Å². The molecule has 4 nitrogen and oxygen atoms in total. The normalized spacial score (nSPS) is 9.67. The van der Waals surface area contributed by atoms with Crippen molar-refractivity contribution in [2.75, 3.05) is 11.9 Å². The second-order valence-corrected chi connectivity index (χ2v) is 4.79. The third-order valence-corrected chi connectivity index (χ3v) is 3.01. The van der Waals surface area contributed by atoms with Gasteiger partial charge in [0, 0.05) is 22.5 Å². The fourth-order valence-electron chi connectivity index (χ4n) is 1.67. The molecule has 5 heteroatoms. The molecule has 0 unspecified atom stereocenters. The van der Waals surface area contributed by atoms with Gasteiger partial charge in [0.15, 0.2) is 0 Å². The summed E-state index contributed by atoms with van der Waals surface area (Å²) in [6.45, 7) is 2.18. The van der Waals surface area contributed by atoms with Gasteiger partial charge in [-0.15, -0.1) is 0 Å². The molecule has 0 fully saturated rings. The van der Waals surface area contributed by atoms with Crippen molar-refractivity contribution in [2.24, 2.45) is 5.73 Å². The van der Waals surface area contributed by atoms with E-state index in [-0.39, 0.29) is 12.5 Å². The van der Waals surface area contributed by atoms with E-state index in [2.05, 4.69) is 22.1 Å². The number of nitrogens with one attached hydrogen (secondary N) is 1. The van der Waals surface area contributed by atoms with E-state index in [1.165, 1.54) is 0 Å². The van der Waals surface area contributed by atoms with Crippen molar-refractivity contribution in [1.29, 1.82) is 0 Å². The Balaban J connectivity index is 2.15. The van der Waals surface area contributed by atoms with Crippen molar-refractivity contribution < 1.29 is 4.79 Å². The zero-order valence-corrected chi connectivity index (χ0v) is 12.2. The molecule has 0 bridgehead atoms. The fraction of sp³-hybridized carbons (Fsp3) is 0.125. The van der Waals surface area contributed by atoms with E-state index in [9.17, 15) is 4.79 Å². The SMILES string of the molecule is Cc1ccc(Cl)cc1NC(=O)c1ccc(C#CCN)cn1. The lowest BCUT2D eigenvalue weighted by molar-refractivity contribution is 0.102. The van der Waals surface area contributed by atoms with Crippen molar-refractivity contribution in [3.63, 3.8) is 0 Å². The fourth-order valence-corrected chi connectivity index (χ4v) is 1.84. The lowest BCUT2D eigenvalue weighted by atomic mass is 10.2. The van der Waals surface area contributed by atoms with Gasteiger partial charge < -0.3 is 11.1 Å². The highest BCUT2D eigenvalue weighted by molar-refractivity contribution is 6.31. The zero-order valence-electron chi connectivity index (χ0n) is 11.5. The molecular weight excluding hydrogens is 286 g/mol. The topological polar surface area (TPSA) is 68.0 Å². The monoisotopic (exact) mass is 299 g/mol. The number of aryl methyl sites for hydroxylation is 1. The summed E-state index contributed by atoms with van der Waals surface area (Å²) in [6, 6.07) is 8.67. The minimum absolute atomic E-state index is 0.288. The molecule has 0 atom stereocenters. The molecule has 1 amide bonds. The Labute approximate surface area is 128 Å². The van der Waals surface area contributed by atoms with Gasteiger partial charge in [0.05, 0.1) is 6.54 Å². The highest BCUT2D eigenvalue weighted by Gasteiger charge is 2.09. The molecule has 1 heterocycles. The molecular formula is C16H14ClN3O. The summed E-state index contributed by atoms with van der Waals surface area (Å²) < 4.78 is 0. The van der Waals surface area contributed by atoms with Gasteiger partial charge in [-0.2, -0.15) is 0 Å². The van der Waals surface area contributed by atoms with E-state index in [1.54, 1.807) is 30.5 Å². The van der Waals surface area contributed by atoms with Crippen LogP contribution in [0.25, 0.3) is 0 Å². The molecule has 1 aromatic heterocycles. The van der Waals surface area contributed by atoms with Crippen LogP contribution in [0.4, 0.5) is 5.69 Å². The predicted octanol–water partition coefficient (Wildman–Crippen LogP) is 2.61. The predicted molar refractivity (Wildman–Crippen MR) is 84.3 cm³/mol. The largest absolute Gasteiger partial charge is 0.320 e. The first-order valence-corrected chi connectivity index (χ1v) is 6.70. The number of carbonyl (C=O) groups excluding carboxylic acids is 1. The van der Waals surface area contributed by atoms with Gasteiger partial charge in [-0.3, -0.25) is 4.79 Å². The highest BCUT2D eigenvalue weighted by Crippen LogP contribution is 2.20. The number of hydrogen-bond donors (Lipinski definition) is 2. The molecule has 21 heavy (non-hydrogen) atoms. The van der Waals surface area contributed by atoms with Gasteiger partial charge in [-0.1, -0.05) is 29.5 Å². The third-order valence-electron chi connectivity index (χ3n) is 2.78. The summed E-state index contributed by atoms with van der Waals surface area (Å²) in [6.07, 6.45) is 1.54. The van der Waals surface area contributed by atoms with Crippen LogP contribution in [0.3, 0.4) is 0 Å². The van der Waals surface area contributed by atoms with Gasteiger partial charge >= 0.3 is 0 Å². The average molecular weight is 300 g/mol. The van der Waals surface area contributed by atoms with Crippen molar-refractivity contribution in [2.45, 2.75) is 6.92 Å². The number of hydrogen-bond acceptors (Lipinski definition) is 3. The number of aromatic nitrogens is 1. The van der Waals surface area contributed by atoms with Gasteiger partial charge in [-0.25, -0.2) is 4.98 Å². The van der Waals surface area contributed by atoms with Crippen LogP contribution in [0, 0.1) is 18.8 Å². The van der Waals surface area contributed by atoms with Crippen LogP contribution in [-0.2, 0) is 0 Å². The molecule has 106 valence electrons. The number of benzene rings is 1. The van der Waals surface area contributed by atoms with Crippen LogP contribution in [0.5, 0.6) is 0 Å². The number of halogens is 1. The van der Waals surface area contributed by atoms with Gasteiger partial charge in [-0.05, 0) is 36.8 Å². The number of pyridine rings is 1. The Kier molecular flexibility index (Phi) is 4.94. The number of nitrogens with two attached hydrogens (primary N) is 1. The Morgan fingerprint density at radius 3 is 2.86 bits per heavy atom. The molecule has 0 aliphatic rings. The van der Waals surface area contributed by atoms with Crippen LogP contribution in [0.15, 0.2) is 36.5 Å². The van der Waals surface area contributed by atoms with Crippen LogP contribution < -0.4 is 11.1 Å². The van der Waals surface area contributed by atoms with E-state index >= 15 is 0 Å². The standard InChI is InChI=1S/C16H14ClN3O/c1-11-4-6-13(17)9-15(11)20-16(21)14-7-5-12(10-19-14)3-2-8-18/h4-7,9-10H,8,18H2,1H3,(H,20,21). The number of rotatable bonds is 2. The lowest BCUT2D eigenvalue weighted by Gasteiger charge is -2.08. The average Bonchev–Trinajstić information content (AvgIpc) is 2.49. The van der Waals surface area contributed by atoms with Crippen LogP contribution in [-0.4, -0.2) is 17.4 Å². The zero-order chi connectivity index (χ0) is 15.2. The van der Waals surface area contributed by atoms with E-state index in [0.29, 0.717) is 16.4 Å². The van der Waals surface area contributed by atoms with E-state index < -0.39 is 0 Å². The van der Waals surface area contributed by atoms with Crippen molar-refractivity contribution in [3.05, 3.63) is 58.4 Å². The molecule has 0 aliphatic heterocycles. The second-order valence-electron chi connectivity index (χ2n) is 4.35. The minimum atomic E-state index is -0.293. The van der Waals surface area contributed by atoms with Crippen molar-refractivity contribution >= 4 is 23.2 Å². The molecule has 3 N–H and O–H groups in total. The van der Waals surface area contributed by atoms with Gasteiger partial charge in [0.1, 0.15) is 5.69 Å². The summed E-state index contributed by atoms with van der Waals surface area (Å²) in [5.41, 5.74) is 7.93. The summed E-state index contributed by atoms with van der Waals surface area (Å²) in [7, 11) is 0. The molecule has 0 aliphatic carbocycles. The second kappa shape index (κ2) is 6.89. The smallest absolute Gasteiger partial charge is 0.274 e. The molecule has 2 rings (SSSR count). The molecule has 1 aromatic carbocycles. The number of anilines is 1. The Morgan fingerprint density at radius 1 is 1.38 bits per heavy atom. The Morgan fingerprint density at radius 2 is 2.19 bits per heavy atom. The van der Waals surface area contributed by atoms with Gasteiger partial charge in [0.25, 0.3) is 5.91 Å². The highest BCUT2D eigenvalue weighted by atomic mass is 35.5. The minimum Gasteiger partial charge on any atom is -0.320 e. The number of carbonyl (C=O) groups is 1. The van der Waals surface area contributed by atoms with Crippen LogP contribution >= 0.6 is 11.6 Å². The maximum Gasteiger partial charge on any atom is 0.274 e. The maximum absolute atomic E-state index is 12.1. The lowest BCUT2D eigenvalue weighted by Crippen LogP contribution is -2.14. The number of amides is 1. The third kappa shape index (κ3) is 4.06. The Bertz CT molecular complexity index is 715. The maximum atomic E-state index is 12.1. The summed E-state index contributed by atoms with van der Waals surface area (Å²) in [5.74, 6) is 5.29. The first-order valence-electron chi connectivity index (χ1n) is 6.32. The van der Waals surface area contributed by atoms with Crippen molar-refractivity contribution in [3.8, 4) is 11.8 Å². The number of nitrogens with zero attached hydrogens (tertiary/aromatic N) is 1. The summed E-state index contributed by atoms with van der Waals surface area (Å²) in [5, 5.41) is 3.35. The quantitative estimate of drug-likeness (QED) is 0.838. The van der Waals surface area contributed by atoms with Crippen LogP contribution in [0.1, 0.15) is 21.6 Å². The molecule has 0 saturated carbocycles. The first kappa shape index (κ1) is 15.0. The van der Waals surface area contributed by atoms with E-state index in [0.717, 1.165) is 11.1 Å². The summed E-state index contributed by atoms with van der Waals surface area (Å²) in [4.78, 5) is 16.2. The van der Waals surface area contributed by atoms with Crippen LogP contribution in [0.2, 0.25) is 5.02 Å². The Hall–Kier alpha value is -2.35. The van der Waals surface area contributed by atoms with Crippen molar-refractivity contribution in [1.82, 2.24) is 4.98 Å². The summed E-state index contributed by atoms with van der Waals surface area (Å²) >= 11 is 5.92.